The minimum Gasteiger partial charge on any atom is -0.325 e. The van der Waals surface area contributed by atoms with E-state index >= 15 is 0 Å². The summed E-state index contributed by atoms with van der Waals surface area (Å²) in [7, 11) is 0. The van der Waals surface area contributed by atoms with Gasteiger partial charge in [0.25, 0.3) is 0 Å². The fourth-order valence-electron chi connectivity index (χ4n) is 2.61. The second-order valence-corrected chi connectivity index (χ2v) is 7.11. The predicted molar refractivity (Wildman–Crippen MR) is 106 cm³/mol. The summed E-state index contributed by atoms with van der Waals surface area (Å²) >= 11 is 1.31. The maximum atomic E-state index is 12.1. The highest BCUT2D eigenvalue weighted by molar-refractivity contribution is 8.00. The van der Waals surface area contributed by atoms with Crippen LogP contribution in [0.2, 0.25) is 0 Å². The lowest BCUT2D eigenvalue weighted by Crippen LogP contribution is -2.19. The number of rotatable bonds is 6. The summed E-state index contributed by atoms with van der Waals surface area (Å²) in [5.41, 5.74) is 5.84. The van der Waals surface area contributed by atoms with E-state index in [1.165, 1.54) is 11.8 Å². The monoisotopic (exact) mass is 356 g/mol. The van der Waals surface area contributed by atoms with Gasteiger partial charge in [-0.25, -0.2) is 0 Å². The van der Waals surface area contributed by atoms with Gasteiger partial charge >= 0.3 is 0 Å². The number of hydrogen-bond donors (Lipinski definition) is 2. The first-order valence-electron chi connectivity index (χ1n) is 8.18. The molecule has 2 aromatic carbocycles. The van der Waals surface area contributed by atoms with Crippen LogP contribution in [-0.4, -0.2) is 23.3 Å². The van der Waals surface area contributed by atoms with Crippen LogP contribution in [0.5, 0.6) is 0 Å². The number of carbonyl (C=O) groups excluding carboxylic acids is 2. The number of thioether (sulfide) groups is 1. The van der Waals surface area contributed by atoms with Gasteiger partial charge in [0.1, 0.15) is 0 Å². The van der Waals surface area contributed by atoms with E-state index in [1.807, 2.05) is 64.1 Å². The summed E-state index contributed by atoms with van der Waals surface area (Å²) in [5, 5.41) is 5.86. The van der Waals surface area contributed by atoms with Crippen LogP contribution in [0.1, 0.15) is 22.3 Å². The molecule has 0 aromatic heterocycles. The van der Waals surface area contributed by atoms with Crippen LogP contribution in [0.25, 0.3) is 0 Å². The average Bonchev–Trinajstić information content (AvgIpc) is 2.55. The fraction of sp³-hybridized carbons (Fsp3) is 0.300. The smallest absolute Gasteiger partial charge is 0.234 e. The molecule has 0 radical (unpaired) electrons. The first-order valence-corrected chi connectivity index (χ1v) is 9.34. The summed E-state index contributed by atoms with van der Waals surface area (Å²) in [5.74, 6) is 0.298. The van der Waals surface area contributed by atoms with Crippen molar-refractivity contribution in [1.82, 2.24) is 0 Å². The van der Waals surface area contributed by atoms with Crippen LogP contribution in [0.3, 0.4) is 0 Å². The van der Waals surface area contributed by atoms with Crippen molar-refractivity contribution in [3.8, 4) is 0 Å². The molecule has 2 aromatic rings. The molecule has 2 amide bonds. The topological polar surface area (TPSA) is 58.2 Å². The second-order valence-electron chi connectivity index (χ2n) is 6.12. The minimum atomic E-state index is -0.0951. The molecule has 0 saturated carbocycles. The highest BCUT2D eigenvalue weighted by Gasteiger charge is 2.10. The minimum absolute atomic E-state index is 0.0951. The van der Waals surface area contributed by atoms with Gasteiger partial charge in [0.2, 0.25) is 11.8 Å². The molecule has 0 unspecified atom stereocenters. The zero-order chi connectivity index (χ0) is 18.4. The first kappa shape index (κ1) is 19.1. The summed E-state index contributed by atoms with van der Waals surface area (Å²) in [6, 6.07) is 11.8. The molecule has 2 N–H and O–H groups in total. The number of carbonyl (C=O) groups is 2. The van der Waals surface area contributed by atoms with E-state index in [-0.39, 0.29) is 23.3 Å². The van der Waals surface area contributed by atoms with E-state index in [1.54, 1.807) is 0 Å². The van der Waals surface area contributed by atoms with E-state index in [0.717, 1.165) is 33.6 Å². The fourth-order valence-corrected chi connectivity index (χ4v) is 3.23. The Hall–Kier alpha value is -2.27. The third kappa shape index (κ3) is 5.36. The van der Waals surface area contributed by atoms with Gasteiger partial charge in [-0.15, -0.1) is 11.8 Å². The van der Waals surface area contributed by atoms with E-state index in [0.29, 0.717) is 0 Å². The molecule has 25 heavy (non-hydrogen) atoms. The summed E-state index contributed by atoms with van der Waals surface area (Å²) in [4.78, 5) is 24.2. The van der Waals surface area contributed by atoms with E-state index in [2.05, 4.69) is 10.6 Å². The molecule has 2 rings (SSSR count). The highest BCUT2D eigenvalue weighted by Crippen LogP contribution is 2.21. The summed E-state index contributed by atoms with van der Waals surface area (Å²) in [6.07, 6.45) is 0. The standard InChI is InChI=1S/C20H24N2O2S/c1-13-7-5-8-14(2)19(13)21-17(23)11-25-12-18(24)22-20-15(3)9-6-10-16(20)4/h5-10H,11-12H2,1-4H3,(H,21,23)(H,22,24). The van der Waals surface area contributed by atoms with Crippen molar-refractivity contribution in [2.24, 2.45) is 0 Å². The van der Waals surface area contributed by atoms with Crippen LogP contribution in [0, 0.1) is 27.7 Å². The van der Waals surface area contributed by atoms with Gasteiger partial charge in [0, 0.05) is 11.4 Å². The Morgan fingerprint density at radius 2 is 1.04 bits per heavy atom. The Morgan fingerprint density at radius 1 is 0.720 bits per heavy atom. The Kier molecular flexibility index (Phi) is 6.65. The quantitative estimate of drug-likeness (QED) is 0.814. The highest BCUT2D eigenvalue weighted by atomic mass is 32.2. The molecule has 4 nitrogen and oxygen atoms in total. The lowest BCUT2D eigenvalue weighted by molar-refractivity contribution is -0.114. The predicted octanol–water partition coefficient (Wildman–Crippen LogP) is 4.23. The zero-order valence-electron chi connectivity index (χ0n) is 15.1. The van der Waals surface area contributed by atoms with Crippen molar-refractivity contribution < 1.29 is 9.59 Å². The maximum absolute atomic E-state index is 12.1. The lowest BCUT2D eigenvalue weighted by Gasteiger charge is -2.12. The Morgan fingerprint density at radius 3 is 1.36 bits per heavy atom. The van der Waals surface area contributed by atoms with Gasteiger partial charge in [-0.1, -0.05) is 36.4 Å². The number of para-hydroxylation sites is 2. The van der Waals surface area contributed by atoms with E-state index in [9.17, 15) is 9.59 Å². The number of amides is 2. The molecule has 0 aliphatic heterocycles. The molecule has 132 valence electrons. The zero-order valence-corrected chi connectivity index (χ0v) is 15.9. The van der Waals surface area contributed by atoms with Crippen molar-refractivity contribution in [2.45, 2.75) is 27.7 Å². The first-order chi connectivity index (χ1) is 11.9. The molecule has 0 bridgehead atoms. The van der Waals surface area contributed by atoms with Gasteiger partial charge in [-0.05, 0) is 49.9 Å². The summed E-state index contributed by atoms with van der Waals surface area (Å²) in [6.45, 7) is 7.86. The molecule has 0 saturated heterocycles. The van der Waals surface area contributed by atoms with Crippen molar-refractivity contribution >= 4 is 35.0 Å². The van der Waals surface area contributed by atoms with Gasteiger partial charge < -0.3 is 10.6 Å². The molecule has 0 aliphatic rings. The SMILES string of the molecule is Cc1cccc(C)c1NC(=O)CSCC(=O)Nc1c(C)cccc1C. The normalized spacial score (nSPS) is 10.4. The Bertz CT molecular complexity index is 681. The number of benzene rings is 2. The maximum Gasteiger partial charge on any atom is 0.234 e. The van der Waals surface area contributed by atoms with Gasteiger partial charge in [0.05, 0.1) is 11.5 Å². The van der Waals surface area contributed by atoms with Gasteiger partial charge in [0.15, 0.2) is 0 Å². The number of aryl methyl sites for hydroxylation is 4. The molecule has 5 heteroatoms. The third-order valence-corrected chi connectivity index (χ3v) is 4.89. The van der Waals surface area contributed by atoms with Crippen molar-refractivity contribution in [1.29, 1.82) is 0 Å². The lowest BCUT2D eigenvalue weighted by atomic mass is 10.1. The molecule has 0 fully saturated rings. The summed E-state index contributed by atoms with van der Waals surface area (Å²) < 4.78 is 0. The number of anilines is 2. The Labute approximate surface area is 153 Å². The third-order valence-electron chi connectivity index (χ3n) is 3.96. The number of hydrogen-bond acceptors (Lipinski definition) is 3. The van der Waals surface area contributed by atoms with Crippen molar-refractivity contribution in [2.75, 3.05) is 22.1 Å². The van der Waals surface area contributed by atoms with Crippen LogP contribution in [-0.2, 0) is 9.59 Å². The molecular formula is C20H24N2O2S. The van der Waals surface area contributed by atoms with Crippen LogP contribution in [0.15, 0.2) is 36.4 Å². The molecule has 0 spiro atoms. The van der Waals surface area contributed by atoms with Crippen LogP contribution >= 0.6 is 11.8 Å². The Balaban J connectivity index is 1.82. The van der Waals surface area contributed by atoms with Crippen LogP contribution < -0.4 is 10.6 Å². The molecular weight excluding hydrogens is 332 g/mol. The van der Waals surface area contributed by atoms with Crippen LogP contribution in [0.4, 0.5) is 11.4 Å². The van der Waals surface area contributed by atoms with Gasteiger partial charge in [-0.3, -0.25) is 9.59 Å². The largest absolute Gasteiger partial charge is 0.325 e. The van der Waals surface area contributed by atoms with E-state index in [4.69, 9.17) is 0 Å². The average molecular weight is 356 g/mol. The number of nitrogens with one attached hydrogen (secondary N) is 2. The van der Waals surface area contributed by atoms with Crippen molar-refractivity contribution in [3.63, 3.8) is 0 Å². The molecule has 0 atom stereocenters. The molecule has 0 heterocycles. The van der Waals surface area contributed by atoms with E-state index < -0.39 is 0 Å². The van der Waals surface area contributed by atoms with Gasteiger partial charge in [-0.2, -0.15) is 0 Å². The second kappa shape index (κ2) is 8.72. The molecule has 0 aliphatic carbocycles. The van der Waals surface area contributed by atoms with Crippen molar-refractivity contribution in [3.05, 3.63) is 58.7 Å².